The van der Waals surface area contributed by atoms with Crippen LogP contribution in [0.15, 0.2) is 73.2 Å². The summed E-state index contributed by atoms with van der Waals surface area (Å²) in [5.74, 6) is 2.15. The highest BCUT2D eigenvalue weighted by Gasteiger charge is 1.99. The van der Waals surface area contributed by atoms with Gasteiger partial charge in [-0.1, -0.05) is 36.4 Å². The van der Waals surface area contributed by atoms with Gasteiger partial charge in [-0.05, 0) is 35.5 Å². The van der Waals surface area contributed by atoms with E-state index in [-0.39, 0.29) is 0 Å². The fraction of sp³-hybridized carbons (Fsp3) is 0.261. The van der Waals surface area contributed by atoms with Crippen LogP contribution in [0.1, 0.15) is 11.1 Å². The number of anilines is 1. The number of hydrogen-bond acceptors (Lipinski definition) is 3. The molecule has 0 aliphatic heterocycles. The summed E-state index contributed by atoms with van der Waals surface area (Å²) >= 11 is 1.94. The molecule has 0 aliphatic carbocycles. The molecule has 0 amide bonds. The first kappa shape index (κ1) is 20.8. The van der Waals surface area contributed by atoms with E-state index in [9.17, 15) is 0 Å². The van der Waals surface area contributed by atoms with Gasteiger partial charge in [0.05, 0.1) is 5.75 Å². The fourth-order valence-corrected chi connectivity index (χ4v) is 3.17. The Kier molecular flexibility index (Phi) is 9.28. The molecule has 4 heteroatoms. The van der Waals surface area contributed by atoms with E-state index >= 15 is 0 Å². The Labute approximate surface area is 168 Å². The number of thioether (sulfide) groups is 1. The van der Waals surface area contributed by atoms with Crippen molar-refractivity contribution in [2.75, 3.05) is 37.5 Å². The van der Waals surface area contributed by atoms with Crippen LogP contribution < -0.4 is 14.8 Å². The number of pyridine rings is 1. The molecule has 0 atom stereocenters. The van der Waals surface area contributed by atoms with Gasteiger partial charge >= 0.3 is 0 Å². The van der Waals surface area contributed by atoms with Gasteiger partial charge in [0.2, 0.25) is 0 Å². The monoisotopic (exact) mass is 380 g/mol. The van der Waals surface area contributed by atoms with E-state index < -0.39 is 0 Å². The summed E-state index contributed by atoms with van der Waals surface area (Å²) in [5.41, 5.74) is 3.65. The lowest BCUT2D eigenvalue weighted by Gasteiger charge is -2.11. The van der Waals surface area contributed by atoms with Crippen molar-refractivity contribution in [3.63, 3.8) is 0 Å². The topological polar surface area (TPSA) is 19.1 Å². The SMILES string of the molecule is CN/C=C\C=C/CSCC[n+]1ccc(/C=C/c2ccc(N(C)C)cc2)cc1. The molecule has 0 fully saturated rings. The third kappa shape index (κ3) is 8.18. The number of allylic oxidation sites excluding steroid dienone is 2. The highest BCUT2D eigenvalue weighted by atomic mass is 32.2. The zero-order chi connectivity index (χ0) is 19.3. The molecule has 2 aromatic rings. The van der Waals surface area contributed by atoms with Crippen LogP contribution in [0.5, 0.6) is 0 Å². The van der Waals surface area contributed by atoms with E-state index in [4.69, 9.17) is 0 Å². The molecule has 1 N–H and O–H groups in total. The second-order valence-corrected chi connectivity index (χ2v) is 7.49. The fourth-order valence-electron chi connectivity index (χ4n) is 2.41. The van der Waals surface area contributed by atoms with Crippen molar-refractivity contribution in [3.05, 3.63) is 84.3 Å². The lowest BCUT2D eigenvalue weighted by atomic mass is 10.1. The smallest absolute Gasteiger partial charge is 0.169 e. The van der Waals surface area contributed by atoms with Gasteiger partial charge in [-0.15, -0.1) is 0 Å². The molecule has 0 radical (unpaired) electrons. The molecule has 1 aromatic heterocycles. The molecule has 0 saturated heterocycles. The van der Waals surface area contributed by atoms with Crippen molar-refractivity contribution < 1.29 is 4.57 Å². The molecule has 1 aromatic carbocycles. The minimum atomic E-state index is 1.03. The molecule has 0 aliphatic rings. The minimum absolute atomic E-state index is 1.03. The summed E-state index contributed by atoms with van der Waals surface area (Å²) in [7, 11) is 6.02. The second kappa shape index (κ2) is 12.0. The Balaban J connectivity index is 1.76. The zero-order valence-electron chi connectivity index (χ0n) is 16.5. The largest absolute Gasteiger partial charge is 0.394 e. The first-order chi connectivity index (χ1) is 13.2. The average molecular weight is 381 g/mol. The number of hydrogen-bond donors (Lipinski definition) is 1. The normalized spacial score (nSPS) is 11.7. The molecular formula is C23H30N3S+. The lowest BCUT2D eigenvalue weighted by molar-refractivity contribution is -0.692. The van der Waals surface area contributed by atoms with Gasteiger partial charge in [-0.25, -0.2) is 4.57 Å². The van der Waals surface area contributed by atoms with Crippen LogP contribution in [0, 0.1) is 0 Å². The molecule has 0 bridgehead atoms. The Morgan fingerprint density at radius 2 is 1.63 bits per heavy atom. The molecule has 0 unspecified atom stereocenters. The minimum Gasteiger partial charge on any atom is -0.394 e. The van der Waals surface area contributed by atoms with Crippen LogP contribution in [-0.2, 0) is 6.54 Å². The van der Waals surface area contributed by atoms with Crippen LogP contribution >= 0.6 is 11.8 Å². The van der Waals surface area contributed by atoms with E-state index in [1.54, 1.807) is 0 Å². The van der Waals surface area contributed by atoms with Gasteiger partial charge in [0, 0.05) is 44.7 Å². The number of nitrogens with one attached hydrogen (secondary N) is 1. The van der Waals surface area contributed by atoms with E-state index in [1.807, 2.05) is 31.1 Å². The zero-order valence-corrected chi connectivity index (χ0v) is 17.3. The predicted molar refractivity (Wildman–Crippen MR) is 121 cm³/mol. The maximum Gasteiger partial charge on any atom is 0.169 e. The van der Waals surface area contributed by atoms with Crippen LogP contribution in [0.3, 0.4) is 0 Å². The van der Waals surface area contributed by atoms with Crippen molar-refractivity contribution in [1.29, 1.82) is 0 Å². The highest BCUT2D eigenvalue weighted by Crippen LogP contribution is 2.14. The quantitative estimate of drug-likeness (QED) is 0.378. The van der Waals surface area contributed by atoms with Crippen molar-refractivity contribution in [2.45, 2.75) is 6.54 Å². The summed E-state index contributed by atoms with van der Waals surface area (Å²) in [5, 5.41) is 2.97. The van der Waals surface area contributed by atoms with Gasteiger partial charge in [-0.3, -0.25) is 0 Å². The van der Waals surface area contributed by atoms with E-state index in [0.29, 0.717) is 0 Å². The lowest BCUT2D eigenvalue weighted by Crippen LogP contribution is -2.33. The molecule has 1 heterocycles. The second-order valence-electron chi connectivity index (χ2n) is 6.34. The average Bonchev–Trinajstić information content (AvgIpc) is 2.69. The maximum absolute atomic E-state index is 2.97. The third-order valence-corrected chi connectivity index (χ3v) is 4.91. The van der Waals surface area contributed by atoms with Gasteiger partial charge in [0.25, 0.3) is 0 Å². The van der Waals surface area contributed by atoms with Crippen molar-refractivity contribution in [1.82, 2.24) is 5.32 Å². The summed E-state index contributed by atoms with van der Waals surface area (Å²) in [4.78, 5) is 2.11. The van der Waals surface area contributed by atoms with Crippen molar-refractivity contribution in [3.8, 4) is 0 Å². The Morgan fingerprint density at radius 3 is 2.26 bits per heavy atom. The summed E-state index contributed by atoms with van der Waals surface area (Å²) in [6.07, 6.45) is 16.8. The molecule has 2 rings (SSSR count). The number of rotatable bonds is 10. The Morgan fingerprint density at radius 1 is 0.963 bits per heavy atom. The Hall–Kier alpha value is -2.46. The van der Waals surface area contributed by atoms with E-state index in [1.165, 1.54) is 16.8 Å². The number of nitrogens with zero attached hydrogens (tertiary/aromatic N) is 2. The van der Waals surface area contributed by atoms with Gasteiger partial charge in [0.1, 0.15) is 0 Å². The summed E-state index contributed by atoms with van der Waals surface area (Å²) < 4.78 is 2.24. The molecule has 0 spiro atoms. The highest BCUT2D eigenvalue weighted by molar-refractivity contribution is 7.99. The number of aromatic nitrogens is 1. The van der Waals surface area contributed by atoms with E-state index in [2.05, 4.69) is 102 Å². The molecule has 3 nitrogen and oxygen atoms in total. The summed E-state index contributed by atoms with van der Waals surface area (Å²) in [6.45, 7) is 1.03. The van der Waals surface area contributed by atoms with Gasteiger partial charge < -0.3 is 10.2 Å². The molecule has 27 heavy (non-hydrogen) atoms. The van der Waals surface area contributed by atoms with Crippen LogP contribution in [-0.4, -0.2) is 32.6 Å². The summed E-state index contributed by atoms with van der Waals surface area (Å²) in [6, 6.07) is 12.9. The van der Waals surface area contributed by atoms with Crippen molar-refractivity contribution >= 4 is 29.6 Å². The predicted octanol–water partition coefficient (Wildman–Crippen LogP) is 4.23. The van der Waals surface area contributed by atoms with Gasteiger partial charge in [0.15, 0.2) is 18.9 Å². The van der Waals surface area contributed by atoms with Crippen molar-refractivity contribution in [2.24, 2.45) is 0 Å². The molecule has 142 valence electrons. The molecule has 0 saturated carbocycles. The van der Waals surface area contributed by atoms with Crippen LogP contribution in [0.2, 0.25) is 0 Å². The molecular weight excluding hydrogens is 350 g/mol. The number of aryl methyl sites for hydroxylation is 1. The van der Waals surface area contributed by atoms with Crippen LogP contribution in [0.25, 0.3) is 12.2 Å². The first-order valence-electron chi connectivity index (χ1n) is 9.20. The van der Waals surface area contributed by atoms with E-state index in [0.717, 1.165) is 18.1 Å². The standard InChI is InChI=1S/C23H30N3S/c1-24-15-5-4-6-19-27-20-18-26-16-13-22(14-17-26)8-7-21-9-11-23(12-10-21)25(2)3/h4-17,24H,18-20H2,1-3H3/q+1/b6-4-,15-5-. The first-order valence-corrected chi connectivity index (χ1v) is 10.4. The maximum atomic E-state index is 2.97. The van der Waals surface area contributed by atoms with Crippen LogP contribution in [0.4, 0.5) is 5.69 Å². The third-order valence-electron chi connectivity index (χ3n) is 4.01. The Bertz CT molecular complexity index is 744. The number of benzene rings is 1. The van der Waals surface area contributed by atoms with Gasteiger partial charge in [-0.2, -0.15) is 11.8 Å².